The molecule has 96 valence electrons. The molecule has 0 amide bonds. The topological polar surface area (TPSA) is 25.8 Å². The summed E-state index contributed by atoms with van der Waals surface area (Å²) in [5.74, 6) is 0. The molecule has 0 radical (unpaired) electrons. The maximum Gasteiger partial charge on any atom is 0.0972 e. The fourth-order valence-electron chi connectivity index (χ4n) is 2.41. The Hall–Kier alpha value is -1.52. The van der Waals surface area contributed by atoms with E-state index in [4.69, 9.17) is 9.97 Å². The fourth-order valence-corrected chi connectivity index (χ4v) is 3.14. The third-order valence-electron chi connectivity index (χ3n) is 3.34. The molecular weight excluding hydrogens is 380 g/mol. The van der Waals surface area contributed by atoms with Gasteiger partial charge in [-0.05, 0) is 41.8 Å². The van der Waals surface area contributed by atoms with Crippen molar-refractivity contribution < 1.29 is 0 Å². The zero-order chi connectivity index (χ0) is 13.7. The van der Waals surface area contributed by atoms with Crippen molar-refractivity contribution >= 4 is 64.7 Å². The molecule has 4 aromatic rings. The minimum atomic E-state index is 0.906. The van der Waals surface area contributed by atoms with Crippen LogP contribution in [0.4, 0.5) is 0 Å². The highest BCUT2D eigenvalue weighted by atomic mass is 79.9. The first-order chi connectivity index (χ1) is 9.70. The van der Waals surface area contributed by atoms with Gasteiger partial charge in [-0.15, -0.1) is 0 Å². The van der Waals surface area contributed by atoms with Crippen molar-refractivity contribution in [2.75, 3.05) is 0 Å². The van der Waals surface area contributed by atoms with Gasteiger partial charge in [-0.25, -0.2) is 9.97 Å². The summed E-state index contributed by atoms with van der Waals surface area (Å²) in [5.41, 5.74) is 3.69. The third-order valence-corrected chi connectivity index (χ3v) is 4.33. The van der Waals surface area contributed by atoms with Crippen LogP contribution < -0.4 is 0 Å². The second-order valence-electron chi connectivity index (χ2n) is 4.66. The summed E-state index contributed by atoms with van der Waals surface area (Å²) in [5, 5.41) is 2.29. The van der Waals surface area contributed by atoms with E-state index in [1.54, 1.807) is 0 Å². The average Bonchev–Trinajstić information content (AvgIpc) is 2.44. The molecule has 0 saturated heterocycles. The van der Waals surface area contributed by atoms with Crippen LogP contribution in [-0.4, -0.2) is 9.97 Å². The minimum absolute atomic E-state index is 0.906. The van der Waals surface area contributed by atoms with Crippen LogP contribution in [0.3, 0.4) is 0 Å². The summed E-state index contributed by atoms with van der Waals surface area (Å²) in [4.78, 5) is 9.48. The molecule has 1 aromatic heterocycles. The van der Waals surface area contributed by atoms with Crippen molar-refractivity contribution in [3.63, 3.8) is 0 Å². The van der Waals surface area contributed by atoms with Gasteiger partial charge in [0.1, 0.15) is 0 Å². The molecule has 0 atom stereocenters. The largest absolute Gasteiger partial charge is 0.244 e. The first-order valence-electron chi connectivity index (χ1n) is 6.16. The molecule has 0 spiro atoms. The van der Waals surface area contributed by atoms with Gasteiger partial charge >= 0.3 is 0 Å². The Morgan fingerprint density at radius 1 is 0.650 bits per heavy atom. The summed E-state index contributed by atoms with van der Waals surface area (Å²) in [6.07, 6.45) is 0. The molecule has 0 bridgehead atoms. The lowest BCUT2D eigenvalue weighted by Gasteiger charge is -2.05. The van der Waals surface area contributed by atoms with Gasteiger partial charge in [-0.2, -0.15) is 0 Å². The second-order valence-corrected chi connectivity index (χ2v) is 6.49. The Morgan fingerprint density at radius 2 is 1.40 bits per heavy atom. The van der Waals surface area contributed by atoms with E-state index in [1.165, 1.54) is 0 Å². The van der Waals surface area contributed by atoms with Crippen molar-refractivity contribution in [1.29, 1.82) is 0 Å². The molecular formula is C16H8Br2N2. The molecule has 0 aliphatic heterocycles. The fraction of sp³-hybridized carbons (Fsp3) is 0. The number of rotatable bonds is 0. The number of benzene rings is 3. The average molecular weight is 388 g/mol. The van der Waals surface area contributed by atoms with Crippen LogP contribution in [0.1, 0.15) is 0 Å². The number of fused-ring (bicyclic) bond motifs is 4. The highest BCUT2D eigenvalue weighted by molar-refractivity contribution is 9.10. The van der Waals surface area contributed by atoms with Gasteiger partial charge < -0.3 is 0 Å². The van der Waals surface area contributed by atoms with Crippen LogP contribution in [0, 0.1) is 0 Å². The minimum Gasteiger partial charge on any atom is -0.244 e. The predicted octanol–water partition coefficient (Wildman–Crippen LogP) is 5.46. The van der Waals surface area contributed by atoms with Gasteiger partial charge in [0.25, 0.3) is 0 Å². The molecule has 20 heavy (non-hydrogen) atoms. The van der Waals surface area contributed by atoms with E-state index in [1.807, 2.05) is 30.3 Å². The van der Waals surface area contributed by atoms with Crippen molar-refractivity contribution in [1.82, 2.24) is 9.97 Å². The summed E-state index contributed by atoms with van der Waals surface area (Å²) in [6.45, 7) is 0. The van der Waals surface area contributed by atoms with Crippen LogP contribution in [0.15, 0.2) is 57.5 Å². The van der Waals surface area contributed by atoms with Gasteiger partial charge in [-0.3, -0.25) is 0 Å². The molecule has 0 aliphatic carbocycles. The lowest BCUT2D eigenvalue weighted by molar-refractivity contribution is 1.40. The summed E-state index contributed by atoms with van der Waals surface area (Å²) in [7, 11) is 0. The Morgan fingerprint density at radius 3 is 2.30 bits per heavy atom. The van der Waals surface area contributed by atoms with E-state index in [0.717, 1.165) is 41.8 Å². The highest BCUT2D eigenvalue weighted by Gasteiger charge is 2.06. The monoisotopic (exact) mass is 386 g/mol. The van der Waals surface area contributed by atoms with E-state index in [0.29, 0.717) is 0 Å². The van der Waals surface area contributed by atoms with Gasteiger partial charge in [0, 0.05) is 14.3 Å². The van der Waals surface area contributed by atoms with Crippen LogP contribution >= 0.6 is 31.9 Å². The number of aromatic nitrogens is 2. The molecule has 0 fully saturated rings. The molecule has 3 aromatic carbocycles. The first kappa shape index (κ1) is 12.2. The molecule has 0 N–H and O–H groups in total. The van der Waals surface area contributed by atoms with Crippen molar-refractivity contribution in [2.45, 2.75) is 0 Å². The molecule has 0 unspecified atom stereocenters. The highest BCUT2D eigenvalue weighted by Crippen LogP contribution is 2.27. The number of hydrogen-bond donors (Lipinski definition) is 0. The van der Waals surface area contributed by atoms with Crippen molar-refractivity contribution in [2.24, 2.45) is 0 Å². The maximum absolute atomic E-state index is 4.78. The summed E-state index contributed by atoms with van der Waals surface area (Å²) < 4.78 is 2.09. The zero-order valence-electron chi connectivity index (χ0n) is 10.3. The first-order valence-corrected chi connectivity index (χ1v) is 7.75. The molecule has 4 heteroatoms. The van der Waals surface area contributed by atoms with Gasteiger partial charge in [0.15, 0.2) is 0 Å². The quantitative estimate of drug-likeness (QED) is 0.295. The van der Waals surface area contributed by atoms with Gasteiger partial charge in [0.2, 0.25) is 0 Å². The van der Waals surface area contributed by atoms with Gasteiger partial charge in [-0.1, -0.05) is 44.0 Å². The van der Waals surface area contributed by atoms with Crippen molar-refractivity contribution in [3.05, 3.63) is 57.5 Å². The molecule has 4 rings (SSSR count). The lowest BCUT2D eigenvalue weighted by atomic mass is 10.1. The Kier molecular flexibility index (Phi) is 2.75. The van der Waals surface area contributed by atoms with Gasteiger partial charge in [0.05, 0.1) is 22.1 Å². The van der Waals surface area contributed by atoms with Crippen molar-refractivity contribution in [3.8, 4) is 0 Å². The van der Waals surface area contributed by atoms with Crippen LogP contribution in [0.2, 0.25) is 0 Å². The Bertz CT molecular complexity index is 971. The molecule has 1 heterocycles. The Labute approximate surface area is 132 Å². The number of halogens is 2. The number of nitrogens with zero attached hydrogens (tertiary/aromatic N) is 2. The van der Waals surface area contributed by atoms with E-state index < -0.39 is 0 Å². The molecule has 0 aliphatic rings. The van der Waals surface area contributed by atoms with Crippen LogP contribution in [0.25, 0.3) is 32.8 Å². The zero-order valence-corrected chi connectivity index (χ0v) is 13.4. The second kappa shape index (κ2) is 4.50. The van der Waals surface area contributed by atoms with E-state index in [2.05, 4.69) is 50.1 Å². The smallest absolute Gasteiger partial charge is 0.0972 e. The maximum atomic E-state index is 4.78. The van der Waals surface area contributed by atoms with E-state index in [9.17, 15) is 0 Å². The molecule has 0 saturated carbocycles. The SMILES string of the molecule is Brc1ccc2c(ccc3nc4cc(Br)ccc4nc32)c1. The third kappa shape index (κ3) is 1.91. The standard InChI is InChI=1S/C16H8Br2N2/c17-10-2-4-12-9(7-10)1-5-14-16(12)20-13-6-3-11(18)8-15(13)19-14/h1-8H. The Balaban J connectivity index is 2.18. The predicted molar refractivity (Wildman–Crippen MR) is 90.0 cm³/mol. The molecule has 2 nitrogen and oxygen atoms in total. The van der Waals surface area contributed by atoms with Crippen LogP contribution in [-0.2, 0) is 0 Å². The van der Waals surface area contributed by atoms with E-state index in [-0.39, 0.29) is 0 Å². The van der Waals surface area contributed by atoms with E-state index >= 15 is 0 Å². The summed E-state index contributed by atoms with van der Waals surface area (Å²) >= 11 is 6.97. The van der Waals surface area contributed by atoms with Crippen LogP contribution in [0.5, 0.6) is 0 Å². The normalized spacial score (nSPS) is 11.5. The lowest BCUT2D eigenvalue weighted by Crippen LogP contribution is -1.88. The number of hydrogen-bond acceptors (Lipinski definition) is 2. The summed E-state index contributed by atoms with van der Waals surface area (Å²) in [6, 6.07) is 16.3.